The van der Waals surface area contributed by atoms with Gasteiger partial charge in [0.2, 0.25) is 0 Å². The van der Waals surface area contributed by atoms with Gasteiger partial charge in [0.05, 0.1) is 7.11 Å². The molecular weight excluding hydrogens is 276 g/mol. The van der Waals surface area contributed by atoms with Gasteiger partial charge < -0.3 is 9.84 Å². The second-order valence-electron chi connectivity index (χ2n) is 4.06. The first-order valence-electron chi connectivity index (χ1n) is 5.60. The summed E-state index contributed by atoms with van der Waals surface area (Å²) in [6, 6.07) is 5.07. The van der Waals surface area contributed by atoms with Crippen molar-refractivity contribution < 1.29 is 27.4 Å². The molecule has 1 unspecified atom stereocenters. The van der Waals surface area contributed by atoms with E-state index in [4.69, 9.17) is 4.74 Å². The molecule has 20 heavy (non-hydrogen) atoms. The Morgan fingerprint density at radius 1 is 0.950 bits per heavy atom. The van der Waals surface area contributed by atoms with Crippen LogP contribution in [0.3, 0.4) is 0 Å². The maximum Gasteiger partial charge on any atom is 0.194 e. The van der Waals surface area contributed by atoms with Crippen molar-refractivity contribution in [1.82, 2.24) is 0 Å². The van der Waals surface area contributed by atoms with Gasteiger partial charge in [-0.3, -0.25) is 0 Å². The summed E-state index contributed by atoms with van der Waals surface area (Å²) < 4.78 is 57.7. The predicted molar refractivity (Wildman–Crippen MR) is 63.3 cm³/mol. The number of rotatable bonds is 3. The van der Waals surface area contributed by atoms with Crippen molar-refractivity contribution in [3.63, 3.8) is 0 Å². The van der Waals surface area contributed by atoms with Crippen LogP contribution in [0.15, 0.2) is 30.3 Å². The van der Waals surface area contributed by atoms with Crippen LogP contribution >= 0.6 is 0 Å². The van der Waals surface area contributed by atoms with Crippen molar-refractivity contribution >= 4 is 0 Å². The zero-order chi connectivity index (χ0) is 14.9. The first-order valence-corrected chi connectivity index (χ1v) is 5.60. The van der Waals surface area contributed by atoms with Crippen molar-refractivity contribution in [3.8, 4) is 5.75 Å². The summed E-state index contributed by atoms with van der Waals surface area (Å²) in [5, 5.41) is 9.94. The molecule has 2 rings (SSSR count). The van der Waals surface area contributed by atoms with E-state index in [2.05, 4.69) is 0 Å². The highest BCUT2D eigenvalue weighted by atomic mass is 19.2. The van der Waals surface area contributed by atoms with Crippen LogP contribution in [0.5, 0.6) is 5.75 Å². The van der Waals surface area contributed by atoms with Crippen molar-refractivity contribution in [3.05, 3.63) is 64.7 Å². The molecule has 0 saturated carbocycles. The first-order chi connectivity index (χ1) is 9.45. The fourth-order valence-electron chi connectivity index (χ4n) is 1.78. The highest BCUT2D eigenvalue weighted by Gasteiger charge is 2.21. The number of ether oxygens (including phenoxy) is 1. The van der Waals surface area contributed by atoms with Crippen LogP contribution < -0.4 is 4.74 Å². The topological polar surface area (TPSA) is 29.5 Å². The van der Waals surface area contributed by atoms with Crippen molar-refractivity contribution in [2.45, 2.75) is 6.10 Å². The van der Waals surface area contributed by atoms with Gasteiger partial charge in [-0.1, -0.05) is 12.1 Å². The van der Waals surface area contributed by atoms with Gasteiger partial charge >= 0.3 is 0 Å². The number of aliphatic hydroxyl groups is 1. The molecule has 0 saturated heterocycles. The molecule has 0 fully saturated rings. The predicted octanol–water partition coefficient (Wildman–Crippen LogP) is 3.33. The molecule has 2 aromatic carbocycles. The largest absolute Gasteiger partial charge is 0.494 e. The van der Waals surface area contributed by atoms with Crippen LogP contribution in [0.4, 0.5) is 17.6 Å². The van der Waals surface area contributed by atoms with E-state index in [9.17, 15) is 22.7 Å². The Morgan fingerprint density at radius 2 is 1.65 bits per heavy atom. The van der Waals surface area contributed by atoms with Crippen LogP contribution in [0, 0.1) is 23.3 Å². The molecule has 0 amide bonds. The minimum atomic E-state index is -1.68. The second-order valence-corrected chi connectivity index (χ2v) is 4.06. The van der Waals surface area contributed by atoms with Gasteiger partial charge in [-0.25, -0.2) is 17.6 Å². The zero-order valence-electron chi connectivity index (χ0n) is 10.3. The molecule has 0 aliphatic heterocycles. The fraction of sp³-hybridized carbons (Fsp3) is 0.143. The van der Waals surface area contributed by atoms with Gasteiger partial charge in [0, 0.05) is 5.56 Å². The van der Waals surface area contributed by atoms with E-state index in [1.807, 2.05) is 0 Å². The molecule has 0 spiro atoms. The number of benzene rings is 2. The molecule has 0 aliphatic carbocycles. The Balaban J connectivity index is 2.44. The molecule has 106 valence electrons. The molecule has 1 N–H and O–H groups in total. The SMILES string of the molecule is COc1ccc(C(O)c2ccc(F)c(F)c2F)cc1F. The van der Waals surface area contributed by atoms with E-state index in [0.29, 0.717) is 6.07 Å². The average Bonchev–Trinajstić information content (AvgIpc) is 2.44. The van der Waals surface area contributed by atoms with E-state index >= 15 is 0 Å². The molecule has 0 heterocycles. The first kappa shape index (κ1) is 14.3. The summed E-state index contributed by atoms with van der Waals surface area (Å²) in [7, 11) is 1.27. The lowest BCUT2D eigenvalue weighted by molar-refractivity contribution is 0.212. The molecule has 0 aliphatic rings. The quantitative estimate of drug-likeness (QED) is 0.692. The second kappa shape index (κ2) is 5.50. The van der Waals surface area contributed by atoms with Gasteiger partial charge in [0.15, 0.2) is 29.0 Å². The van der Waals surface area contributed by atoms with Crippen LogP contribution in [0.25, 0.3) is 0 Å². The minimum Gasteiger partial charge on any atom is -0.494 e. The summed E-state index contributed by atoms with van der Waals surface area (Å²) >= 11 is 0. The molecule has 0 aromatic heterocycles. The summed E-state index contributed by atoms with van der Waals surface area (Å²) in [6.07, 6.45) is -1.62. The Labute approximate surface area is 112 Å². The lowest BCUT2D eigenvalue weighted by Crippen LogP contribution is -2.06. The smallest absolute Gasteiger partial charge is 0.194 e. The van der Waals surface area contributed by atoms with E-state index < -0.39 is 34.9 Å². The average molecular weight is 286 g/mol. The van der Waals surface area contributed by atoms with Crippen molar-refractivity contribution in [2.75, 3.05) is 7.11 Å². The van der Waals surface area contributed by atoms with Gasteiger partial charge in [-0.05, 0) is 23.8 Å². The van der Waals surface area contributed by atoms with Crippen LogP contribution in [-0.2, 0) is 0 Å². The van der Waals surface area contributed by atoms with Crippen molar-refractivity contribution in [2.24, 2.45) is 0 Å². The molecule has 6 heteroatoms. The van der Waals surface area contributed by atoms with Crippen LogP contribution in [0.2, 0.25) is 0 Å². The van der Waals surface area contributed by atoms with Crippen molar-refractivity contribution in [1.29, 1.82) is 0 Å². The number of aliphatic hydroxyl groups excluding tert-OH is 1. The van der Waals surface area contributed by atoms with Gasteiger partial charge in [0.25, 0.3) is 0 Å². The molecule has 2 nitrogen and oxygen atoms in total. The Bertz CT molecular complexity index is 643. The number of hydrogen-bond acceptors (Lipinski definition) is 2. The van der Waals surface area contributed by atoms with Crippen LogP contribution in [0.1, 0.15) is 17.2 Å². The maximum atomic E-state index is 13.6. The third-order valence-corrected chi connectivity index (χ3v) is 2.85. The monoisotopic (exact) mass is 286 g/mol. The van der Waals surface area contributed by atoms with Crippen LogP contribution in [-0.4, -0.2) is 12.2 Å². The van der Waals surface area contributed by atoms with E-state index in [-0.39, 0.29) is 11.3 Å². The Hall–Kier alpha value is -2.08. The van der Waals surface area contributed by atoms with E-state index in [1.54, 1.807) is 0 Å². The molecule has 0 radical (unpaired) electrons. The Kier molecular flexibility index (Phi) is 3.94. The van der Waals surface area contributed by atoms with Gasteiger partial charge in [-0.15, -0.1) is 0 Å². The number of methoxy groups -OCH3 is 1. The van der Waals surface area contributed by atoms with E-state index in [1.165, 1.54) is 19.2 Å². The maximum absolute atomic E-state index is 13.6. The summed E-state index contributed by atoms with van der Waals surface area (Å²) in [5.74, 6) is -5.36. The highest BCUT2D eigenvalue weighted by Crippen LogP contribution is 2.29. The third-order valence-electron chi connectivity index (χ3n) is 2.85. The lowest BCUT2D eigenvalue weighted by atomic mass is 10.0. The highest BCUT2D eigenvalue weighted by molar-refractivity contribution is 5.36. The normalized spacial score (nSPS) is 12.3. The lowest BCUT2D eigenvalue weighted by Gasteiger charge is -2.14. The molecule has 2 aromatic rings. The summed E-state index contributed by atoms with van der Waals surface area (Å²) in [5.41, 5.74) is -0.485. The number of hydrogen-bond donors (Lipinski definition) is 1. The standard InChI is InChI=1S/C14H10F4O2/c1-20-11-5-2-7(6-10(11)16)14(19)8-3-4-9(15)13(18)12(8)17/h2-6,14,19H,1H3. The number of halogens is 4. The Morgan fingerprint density at radius 3 is 2.25 bits per heavy atom. The fourth-order valence-corrected chi connectivity index (χ4v) is 1.78. The van der Waals surface area contributed by atoms with Gasteiger partial charge in [-0.2, -0.15) is 0 Å². The summed E-state index contributed by atoms with van der Waals surface area (Å²) in [4.78, 5) is 0. The molecule has 1 atom stereocenters. The van der Waals surface area contributed by atoms with E-state index in [0.717, 1.165) is 12.1 Å². The minimum absolute atomic E-state index is 0.00629. The van der Waals surface area contributed by atoms with Gasteiger partial charge in [0.1, 0.15) is 6.10 Å². The zero-order valence-corrected chi connectivity index (χ0v) is 10.3. The third kappa shape index (κ3) is 2.46. The summed E-state index contributed by atoms with van der Waals surface area (Å²) in [6.45, 7) is 0. The molecule has 0 bridgehead atoms. The molecular formula is C14H10F4O2.